The van der Waals surface area contributed by atoms with Gasteiger partial charge in [0, 0.05) is 6.08 Å². The van der Waals surface area contributed by atoms with E-state index in [1.54, 1.807) is 0 Å². The molecule has 0 aliphatic heterocycles. The Morgan fingerprint density at radius 2 is 1.71 bits per heavy atom. The second kappa shape index (κ2) is 5.75. The molecule has 4 rings (SSSR count). The molecule has 4 saturated carbocycles. The zero-order valence-electron chi connectivity index (χ0n) is 13.3. The fraction of sp³-hybridized carbons (Fsp3) is 0.833. The molecule has 2 atom stereocenters. The molecule has 0 radical (unpaired) electrons. The molecule has 0 amide bonds. The van der Waals surface area contributed by atoms with Crippen LogP contribution in [0.25, 0.3) is 0 Å². The smallest absolute Gasteiger partial charge is 0.330 e. The molecule has 4 fully saturated rings. The maximum absolute atomic E-state index is 11.1. The fourth-order valence-corrected chi connectivity index (χ4v) is 5.47. The first-order valence-electron chi connectivity index (χ1n) is 8.45. The summed E-state index contributed by atoms with van der Waals surface area (Å²) in [6.45, 7) is 7.96. The zero-order valence-corrected chi connectivity index (χ0v) is 13.3. The van der Waals surface area contributed by atoms with Crippen molar-refractivity contribution < 1.29 is 14.3 Å². The molecule has 0 aromatic heterocycles. The Hall–Kier alpha value is -0.830. The number of rotatable bonds is 6. The standard InChI is InChI=1S/C18H28O3/c1-4-17(19)20-11-12(2)21-13(3)18-8-14-5-15(9-18)7-16(6-14)10-18/h4,12-16H,1,5-11H2,2-3H3. The van der Waals surface area contributed by atoms with Gasteiger partial charge in [-0.1, -0.05) is 6.58 Å². The van der Waals surface area contributed by atoms with Crippen LogP contribution in [0.15, 0.2) is 12.7 Å². The second-order valence-corrected chi connectivity index (χ2v) is 7.70. The Morgan fingerprint density at radius 3 is 2.19 bits per heavy atom. The van der Waals surface area contributed by atoms with Crippen molar-refractivity contribution in [2.45, 2.75) is 64.6 Å². The first-order valence-corrected chi connectivity index (χ1v) is 8.45. The van der Waals surface area contributed by atoms with Crippen molar-refractivity contribution in [2.75, 3.05) is 6.61 Å². The highest BCUT2D eigenvalue weighted by molar-refractivity contribution is 5.81. The van der Waals surface area contributed by atoms with Crippen LogP contribution in [0.2, 0.25) is 0 Å². The predicted molar refractivity (Wildman–Crippen MR) is 81.8 cm³/mol. The van der Waals surface area contributed by atoms with Crippen LogP contribution >= 0.6 is 0 Å². The van der Waals surface area contributed by atoms with Gasteiger partial charge in [0.25, 0.3) is 0 Å². The van der Waals surface area contributed by atoms with Crippen molar-refractivity contribution in [1.29, 1.82) is 0 Å². The van der Waals surface area contributed by atoms with Gasteiger partial charge in [0.05, 0.1) is 12.2 Å². The van der Waals surface area contributed by atoms with Crippen LogP contribution in [0.3, 0.4) is 0 Å². The van der Waals surface area contributed by atoms with E-state index in [9.17, 15) is 4.79 Å². The van der Waals surface area contributed by atoms with E-state index in [0.29, 0.717) is 12.0 Å². The van der Waals surface area contributed by atoms with Gasteiger partial charge in [-0.05, 0) is 75.5 Å². The molecule has 3 nitrogen and oxygen atoms in total. The van der Waals surface area contributed by atoms with Crippen molar-refractivity contribution in [3.05, 3.63) is 12.7 Å². The molecule has 21 heavy (non-hydrogen) atoms. The fourth-order valence-electron chi connectivity index (χ4n) is 5.47. The van der Waals surface area contributed by atoms with E-state index in [2.05, 4.69) is 13.5 Å². The Bertz CT molecular complexity index is 379. The van der Waals surface area contributed by atoms with Gasteiger partial charge < -0.3 is 9.47 Å². The van der Waals surface area contributed by atoms with Crippen molar-refractivity contribution in [3.8, 4) is 0 Å². The minimum Gasteiger partial charge on any atom is -0.460 e. The number of carbonyl (C=O) groups excluding carboxylic acids is 1. The Kier molecular flexibility index (Phi) is 4.13. The number of hydrogen-bond donors (Lipinski definition) is 0. The molecular weight excluding hydrogens is 264 g/mol. The number of hydrogen-bond acceptors (Lipinski definition) is 3. The Balaban J connectivity index is 1.56. The average Bonchev–Trinajstić information content (AvgIpc) is 2.43. The van der Waals surface area contributed by atoms with Gasteiger partial charge in [-0.2, -0.15) is 0 Å². The molecule has 4 aliphatic carbocycles. The third kappa shape index (κ3) is 3.03. The van der Waals surface area contributed by atoms with Gasteiger partial charge in [0.1, 0.15) is 6.61 Å². The second-order valence-electron chi connectivity index (χ2n) is 7.70. The Morgan fingerprint density at radius 1 is 1.19 bits per heavy atom. The van der Waals surface area contributed by atoms with E-state index >= 15 is 0 Å². The van der Waals surface area contributed by atoms with Crippen molar-refractivity contribution in [3.63, 3.8) is 0 Å². The lowest BCUT2D eigenvalue weighted by Crippen LogP contribution is -2.52. The summed E-state index contributed by atoms with van der Waals surface area (Å²) in [6.07, 6.45) is 9.84. The monoisotopic (exact) mass is 292 g/mol. The average molecular weight is 292 g/mol. The third-order valence-electron chi connectivity index (χ3n) is 6.01. The molecule has 0 N–H and O–H groups in total. The summed E-state index contributed by atoms with van der Waals surface area (Å²) in [7, 11) is 0. The molecule has 2 unspecified atom stereocenters. The zero-order chi connectivity index (χ0) is 15.0. The lowest BCUT2D eigenvalue weighted by atomic mass is 9.48. The SMILES string of the molecule is C=CC(=O)OCC(C)OC(C)C12CC3CC(CC(C3)C1)C2. The molecular formula is C18H28O3. The Labute approximate surface area is 128 Å². The third-order valence-corrected chi connectivity index (χ3v) is 6.01. The van der Waals surface area contributed by atoms with E-state index < -0.39 is 0 Å². The molecule has 0 spiro atoms. The van der Waals surface area contributed by atoms with Crippen LogP contribution in [-0.2, 0) is 14.3 Å². The number of esters is 1. The summed E-state index contributed by atoms with van der Waals surface area (Å²) in [5.41, 5.74) is 0.394. The summed E-state index contributed by atoms with van der Waals surface area (Å²) in [5, 5.41) is 0. The first kappa shape index (κ1) is 15.1. The minimum atomic E-state index is -0.368. The number of ether oxygens (including phenoxy) is 2. The van der Waals surface area contributed by atoms with Gasteiger partial charge in [-0.3, -0.25) is 0 Å². The predicted octanol–water partition coefficient (Wildman–Crippen LogP) is 3.73. The van der Waals surface area contributed by atoms with Gasteiger partial charge in [-0.15, -0.1) is 0 Å². The molecule has 4 bridgehead atoms. The highest BCUT2D eigenvalue weighted by Crippen LogP contribution is 2.61. The minimum absolute atomic E-state index is 0.0445. The normalized spacial score (nSPS) is 39.8. The van der Waals surface area contributed by atoms with Crippen LogP contribution in [-0.4, -0.2) is 24.8 Å². The van der Waals surface area contributed by atoms with Crippen molar-refractivity contribution >= 4 is 5.97 Å². The van der Waals surface area contributed by atoms with Crippen LogP contribution in [0.5, 0.6) is 0 Å². The van der Waals surface area contributed by atoms with Crippen molar-refractivity contribution in [2.24, 2.45) is 23.2 Å². The van der Waals surface area contributed by atoms with Crippen LogP contribution in [0.1, 0.15) is 52.4 Å². The lowest BCUT2D eigenvalue weighted by molar-refractivity contribution is -0.164. The molecule has 0 aromatic carbocycles. The molecule has 3 heteroatoms. The quantitative estimate of drug-likeness (QED) is 0.553. The molecule has 0 aromatic rings. The van der Waals surface area contributed by atoms with E-state index in [0.717, 1.165) is 17.8 Å². The highest BCUT2D eigenvalue weighted by atomic mass is 16.6. The largest absolute Gasteiger partial charge is 0.460 e. The van der Waals surface area contributed by atoms with Gasteiger partial charge in [0.2, 0.25) is 0 Å². The summed E-state index contributed by atoms with van der Waals surface area (Å²) in [4.78, 5) is 11.1. The van der Waals surface area contributed by atoms with Crippen LogP contribution < -0.4 is 0 Å². The summed E-state index contributed by atoms with van der Waals surface area (Å²) in [5.74, 6) is 2.46. The van der Waals surface area contributed by atoms with E-state index in [1.807, 2.05) is 6.92 Å². The van der Waals surface area contributed by atoms with Crippen LogP contribution in [0.4, 0.5) is 0 Å². The highest BCUT2D eigenvalue weighted by Gasteiger charge is 2.53. The molecule has 0 saturated heterocycles. The molecule has 4 aliphatic rings. The van der Waals surface area contributed by atoms with Gasteiger partial charge in [-0.25, -0.2) is 4.79 Å². The molecule has 118 valence electrons. The topological polar surface area (TPSA) is 35.5 Å². The first-order chi connectivity index (χ1) is 10.0. The maximum atomic E-state index is 11.1. The van der Waals surface area contributed by atoms with Crippen LogP contribution in [0, 0.1) is 23.2 Å². The lowest BCUT2D eigenvalue weighted by Gasteiger charge is -2.59. The van der Waals surface area contributed by atoms with E-state index in [4.69, 9.17) is 9.47 Å². The summed E-state index contributed by atoms with van der Waals surface area (Å²) >= 11 is 0. The van der Waals surface area contributed by atoms with E-state index in [-0.39, 0.29) is 18.2 Å². The number of carbonyl (C=O) groups is 1. The van der Waals surface area contributed by atoms with Gasteiger partial charge in [0.15, 0.2) is 0 Å². The summed E-state index contributed by atoms with van der Waals surface area (Å²) < 4.78 is 11.3. The van der Waals surface area contributed by atoms with E-state index in [1.165, 1.54) is 44.6 Å². The van der Waals surface area contributed by atoms with Gasteiger partial charge >= 0.3 is 5.97 Å². The maximum Gasteiger partial charge on any atom is 0.330 e. The molecule has 0 heterocycles. The summed E-state index contributed by atoms with van der Waals surface area (Å²) in [6, 6.07) is 0. The van der Waals surface area contributed by atoms with Crippen molar-refractivity contribution in [1.82, 2.24) is 0 Å².